The number of rotatable bonds is 1. The molecule has 1 rings (SSSR count). The molecule has 0 saturated heterocycles. The van der Waals surface area contributed by atoms with E-state index in [4.69, 9.17) is 0 Å². The Balaban J connectivity index is 3.21. The van der Waals surface area contributed by atoms with Crippen molar-refractivity contribution >= 4 is 5.95 Å². The zero-order valence-corrected chi connectivity index (χ0v) is 6.15. The van der Waals surface area contributed by atoms with Crippen LogP contribution in [-0.4, -0.2) is 17.0 Å². The first-order valence-electron chi connectivity index (χ1n) is 3.02. The Hall–Kier alpha value is -1.26. The molecular formula is C6H7F2N3. The van der Waals surface area contributed by atoms with E-state index in [1.54, 1.807) is 0 Å². The predicted octanol–water partition coefficient (Wildman–Crippen LogP) is 1.10. The van der Waals surface area contributed by atoms with Crippen molar-refractivity contribution in [2.75, 3.05) is 12.4 Å². The van der Waals surface area contributed by atoms with Gasteiger partial charge >= 0.3 is 0 Å². The van der Waals surface area contributed by atoms with Gasteiger partial charge in [-0.1, -0.05) is 0 Å². The van der Waals surface area contributed by atoms with Crippen molar-refractivity contribution in [3.05, 3.63) is 17.5 Å². The average Bonchev–Trinajstić information content (AvgIpc) is 1.99. The minimum atomic E-state index is -1.12. The van der Waals surface area contributed by atoms with Crippen LogP contribution in [0.3, 0.4) is 0 Å². The number of halogens is 2. The van der Waals surface area contributed by atoms with Crippen molar-refractivity contribution in [1.29, 1.82) is 0 Å². The first kappa shape index (κ1) is 7.84. The van der Waals surface area contributed by atoms with Gasteiger partial charge in [0.25, 0.3) is 5.95 Å². The maximum Gasteiger partial charge on any atom is 0.254 e. The fourth-order valence-corrected chi connectivity index (χ4v) is 0.636. The van der Waals surface area contributed by atoms with Crippen molar-refractivity contribution in [2.45, 2.75) is 6.92 Å². The van der Waals surface area contributed by atoms with E-state index in [-0.39, 0.29) is 11.6 Å². The lowest BCUT2D eigenvalue weighted by Gasteiger charge is -2.00. The highest BCUT2D eigenvalue weighted by Gasteiger charge is 2.08. The second kappa shape index (κ2) is 2.77. The fourth-order valence-electron chi connectivity index (χ4n) is 0.636. The largest absolute Gasteiger partial charge is 0.357 e. The number of aromatic nitrogens is 2. The molecule has 0 fully saturated rings. The van der Waals surface area contributed by atoms with Crippen LogP contribution < -0.4 is 5.32 Å². The van der Waals surface area contributed by atoms with Crippen LogP contribution in [0, 0.1) is 18.7 Å². The van der Waals surface area contributed by atoms with Crippen LogP contribution in [0.1, 0.15) is 5.69 Å². The number of hydrogen-bond donors (Lipinski definition) is 1. The Labute approximate surface area is 62.5 Å². The SMILES string of the molecule is CNc1nc(C)c(F)c(F)n1. The molecule has 0 aliphatic rings. The first-order chi connectivity index (χ1) is 5.15. The minimum Gasteiger partial charge on any atom is -0.357 e. The van der Waals surface area contributed by atoms with Gasteiger partial charge in [0.1, 0.15) is 0 Å². The molecule has 0 amide bonds. The molecule has 1 aromatic rings. The molecule has 0 spiro atoms. The summed E-state index contributed by atoms with van der Waals surface area (Å²) in [6.07, 6.45) is 0. The maximum absolute atomic E-state index is 12.5. The molecule has 1 aromatic heterocycles. The third kappa shape index (κ3) is 1.42. The third-order valence-corrected chi connectivity index (χ3v) is 1.20. The van der Waals surface area contributed by atoms with Gasteiger partial charge in [0.05, 0.1) is 5.69 Å². The van der Waals surface area contributed by atoms with Gasteiger partial charge in [-0.3, -0.25) is 0 Å². The van der Waals surface area contributed by atoms with E-state index in [2.05, 4.69) is 15.3 Å². The smallest absolute Gasteiger partial charge is 0.254 e. The summed E-state index contributed by atoms with van der Waals surface area (Å²) in [4.78, 5) is 6.80. The van der Waals surface area contributed by atoms with Gasteiger partial charge in [0.2, 0.25) is 5.95 Å². The summed E-state index contributed by atoms with van der Waals surface area (Å²) < 4.78 is 25.0. The van der Waals surface area contributed by atoms with E-state index in [1.807, 2.05) is 0 Å². The zero-order valence-electron chi connectivity index (χ0n) is 6.15. The molecule has 60 valence electrons. The Morgan fingerprint density at radius 2 is 1.91 bits per heavy atom. The van der Waals surface area contributed by atoms with Crippen LogP contribution in [0.25, 0.3) is 0 Å². The maximum atomic E-state index is 12.5. The summed E-state index contributed by atoms with van der Waals surface area (Å²) in [7, 11) is 1.53. The van der Waals surface area contributed by atoms with Crippen molar-refractivity contribution in [3.63, 3.8) is 0 Å². The summed E-state index contributed by atoms with van der Waals surface area (Å²) in [5.74, 6) is -2.03. The van der Waals surface area contributed by atoms with E-state index < -0.39 is 11.8 Å². The van der Waals surface area contributed by atoms with Crippen molar-refractivity contribution in [3.8, 4) is 0 Å². The van der Waals surface area contributed by atoms with Gasteiger partial charge in [0, 0.05) is 7.05 Å². The normalized spacial score (nSPS) is 9.82. The molecule has 11 heavy (non-hydrogen) atoms. The number of aryl methyl sites for hydroxylation is 1. The van der Waals surface area contributed by atoms with Crippen molar-refractivity contribution < 1.29 is 8.78 Å². The Kier molecular flexibility index (Phi) is 1.98. The minimum absolute atomic E-state index is 0.00171. The lowest BCUT2D eigenvalue weighted by molar-refractivity contribution is 0.468. The highest BCUT2D eigenvalue weighted by Crippen LogP contribution is 2.08. The number of nitrogens with zero attached hydrogens (tertiary/aromatic N) is 2. The molecular weight excluding hydrogens is 152 g/mol. The molecule has 1 heterocycles. The van der Waals surface area contributed by atoms with E-state index in [0.29, 0.717) is 0 Å². The molecule has 0 radical (unpaired) electrons. The molecule has 0 aliphatic carbocycles. The van der Waals surface area contributed by atoms with E-state index in [9.17, 15) is 8.78 Å². The second-order valence-corrected chi connectivity index (χ2v) is 1.99. The topological polar surface area (TPSA) is 37.8 Å². The van der Waals surface area contributed by atoms with Crippen LogP contribution in [0.4, 0.5) is 14.7 Å². The summed E-state index contributed by atoms with van der Waals surface area (Å²) in [6, 6.07) is 0. The molecule has 1 N–H and O–H groups in total. The Bertz CT molecular complexity index is 252. The van der Waals surface area contributed by atoms with Gasteiger partial charge in [-0.25, -0.2) is 4.98 Å². The van der Waals surface area contributed by atoms with E-state index >= 15 is 0 Å². The van der Waals surface area contributed by atoms with Crippen LogP contribution in [0.15, 0.2) is 0 Å². The van der Waals surface area contributed by atoms with Crippen LogP contribution in [0.5, 0.6) is 0 Å². The summed E-state index contributed by atoms with van der Waals surface area (Å²) >= 11 is 0. The first-order valence-corrected chi connectivity index (χ1v) is 3.02. The van der Waals surface area contributed by atoms with Gasteiger partial charge in [0.15, 0.2) is 5.82 Å². The van der Waals surface area contributed by atoms with E-state index in [1.165, 1.54) is 14.0 Å². The summed E-state index contributed by atoms with van der Waals surface area (Å²) in [5, 5.41) is 2.51. The highest BCUT2D eigenvalue weighted by atomic mass is 19.2. The van der Waals surface area contributed by atoms with Crippen molar-refractivity contribution in [1.82, 2.24) is 9.97 Å². The predicted molar refractivity (Wildman–Crippen MR) is 36.2 cm³/mol. The third-order valence-electron chi connectivity index (χ3n) is 1.20. The molecule has 0 aromatic carbocycles. The van der Waals surface area contributed by atoms with Gasteiger partial charge in [-0.2, -0.15) is 13.8 Å². The molecule has 0 unspecified atom stereocenters. The number of hydrogen-bond acceptors (Lipinski definition) is 3. The van der Waals surface area contributed by atoms with Crippen LogP contribution >= 0.6 is 0 Å². The summed E-state index contributed by atoms with van der Waals surface area (Å²) in [6.45, 7) is 1.38. The molecule has 3 nitrogen and oxygen atoms in total. The quantitative estimate of drug-likeness (QED) is 0.623. The summed E-state index contributed by atoms with van der Waals surface area (Å²) in [5.41, 5.74) is 0.00171. The van der Waals surface area contributed by atoms with Gasteiger partial charge in [-0.05, 0) is 6.92 Å². The molecule has 5 heteroatoms. The van der Waals surface area contributed by atoms with Gasteiger partial charge in [-0.15, -0.1) is 0 Å². The average molecular weight is 159 g/mol. The molecule has 0 saturated carbocycles. The lowest BCUT2D eigenvalue weighted by atomic mass is 10.4. The Morgan fingerprint density at radius 1 is 1.27 bits per heavy atom. The van der Waals surface area contributed by atoms with Gasteiger partial charge < -0.3 is 5.32 Å². The van der Waals surface area contributed by atoms with Crippen molar-refractivity contribution in [2.24, 2.45) is 0 Å². The lowest BCUT2D eigenvalue weighted by Crippen LogP contribution is -2.03. The zero-order chi connectivity index (χ0) is 8.43. The monoisotopic (exact) mass is 159 g/mol. The number of nitrogens with one attached hydrogen (secondary N) is 1. The molecule has 0 atom stereocenters. The van der Waals surface area contributed by atoms with Crippen LogP contribution in [-0.2, 0) is 0 Å². The standard InChI is InChI=1S/C6H7F2N3/c1-3-4(7)5(8)11-6(9-2)10-3/h1-2H3,(H,9,10,11). The molecule has 0 bridgehead atoms. The molecule has 0 aliphatic heterocycles. The number of anilines is 1. The highest BCUT2D eigenvalue weighted by molar-refractivity contribution is 5.24. The van der Waals surface area contributed by atoms with Crippen LogP contribution in [0.2, 0.25) is 0 Å². The van der Waals surface area contributed by atoms with E-state index in [0.717, 1.165) is 0 Å². The Morgan fingerprint density at radius 3 is 2.36 bits per heavy atom. The second-order valence-electron chi connectivity index (χ2n) is 1.99. The fraction of sp³-hybridized carbons (Fsp3) is 0.333.